The first-order chi connectivity index (χ1) is 9.11. The zero-order valence-corrected chi connectivity index (χ0v) is 11.9. The fraction of sp³-hybridized carbons (Fsp3) is 0.0714. The van der Waals surface area contributed by atoms with Crippen LogP contribution in [0.3, 0.4) is 0 Å². The maximum Gasteiger partial charge on any atom is 0.170 e. The van der Waals surface area contributed by atoms with E-state index in [-0.39, 0.29) is 5.84 Å². The molecule has 0 aliphatic carbocycles. The normalized spacial score (nSPS) is 11.6. The van der Waals surface area contributed by atoms with Gasteiger partial charge in [-0.05, 0) is 36.8 Å². The topological polar surface area (TPSA) is 58.6 Å². The number of nitrogens with zero attached hydrogens (tertiary/aromatic N) is 1. The molecule has 0 heterocycles. The lowest BCUT2D eigenvalue weighted by Gasteiger charge is -2.08. The molecule has 2 aromatic rings. The van der Waals surface area contributed by atoms with Gasteiger partial charge in [-0.25, -0.2) is 0 Å². The number of benzene rings is 2. The number of oxime groups is 1. The molecular weight excluding hydrogens is 280 g/mol. The molecule has 0 radical (unpaired) electrons. The molecule has 2 rings (SSSR count). The summed E-state index contributed by atoms with van der Waals surface area (Å²) in [5.41, 5.74) is 7.31. The summed E-state index contributed by atoms with van der Waals surface area (Å²) < 4.78 is 0. The van der Waals surface area contributed by atoms with Gasteiger partial charge in [0.05, 0.1) is 5.02 Å². The molecule has 0 aliphatic rings. The van der Waals surface area contributed by atoms with Crippen LogP contribution in [0.25, 0.3) is 0 Å². The molecule has 98 valence electrons. The van der Waals surface area contributed by atoms with Crippen LogP contribution in [-0.2, 0) is 0 Å². The Kier molecular flexibility index (Phi) is 4.35. The molecule has 0 unspecified atom stereocenters. The minimum atomic E-state index is 0.109. The standard InChI is InChI=1S/C14H13ClN2OS/c1-9-8-10(14(16)17-18)6-7-12(9)19-13-5-3-2-4-11(13)15/h2-8,18H,1H3,(H2,16,17). The number of amidine groups is 1. The van der Waals surface area contributed by atoms with Crippen LogP contribution >= 0.6 is 23.4 Å². The third-order valence-electron chi connectivity index (χ3n) is 2.64. The molecule has 5 heteroatoms. The van der Waals surface area contributed by atoms with Gasteiger partial charge in [0.25, 0.3) is 0 Å². The van der Waals surface area contributed by atoms with Gasteiger partial charge in [0.15, 0.2) is 5.84 Å². The molecule has 2 aromatic carbocycles. The second-order valence-corrected chi connectivity index (χ2v) is 5.49. The van der Waals surface area contributed by atoms with E-state index in [9.17, 15) is 0 Å². The van der Waals surface area contributed by atoms with Crippen molar-refractivity contribution in [3.8, 4) is 0 Å². The van der Waals surface area contributed by atoms with Crippen molar-refractivity contribution in [1.29, 1.82) is 0 Å². The van der Waals surface area contributed by atoms with Gasteiger partial charge in [-0.2, -0.15) is 0 Å². The molecule has 0 amide bonds. The minimum absolute atomic E-state index is 0.109. The van der Waals surface area contributed by atoms with E-state index in [1.165, 1.54) is 0 Å². The van der Waals surface area contributed by atoms with Crippen LogP contribution in [0.4, 0.5) is 0 Å². The van der Waals surface area contributed by atoms with Gasteiger partial charge in [0.1, 0.15) is 0 Å². The predicted octanol–water partition coefficient (Wildman–Crippen LogP) is 3.89. The number of halogens is 1. The maximum absolute atomic E-state index is 8.66. The maximum atomic E-state index is 8.66. The fourth-order valence-electron chi connectivity index (χ4n) is 1.63. The van der Waals surface area contributed by atoms with E-state index in [0.29, 0.717) is 5.56 Å². The summed E-state index contributed by atoms with van der Waals surface area (Å²) in [6, 6.07) is 13.3. The SMILES string of the molecule is Cc1cc(/C(N)=N/O)ccc1Sc1ccccc1Cl. The third-order valence-corrected chi connectivity index (χ3v) is 4.33. The second kappa shape index (κ2) is 5.99. The molecule has 0 bridgehead atoms. The molecule has 0 fully saturated rings. The first kappa shape index (κ1) is 13.8. The van der Waals surface area contributed by atoms with Gasteiger partial charge in [0, 0.05) is 15.4 Å². The van der Waals surface area contributed by atoms with Crippen LogP contribution < -0.4 is 5.73 Å². The van der Waals surface area contributed by atoms with Gasteiger partial charge in [0.2, 0.25) is 0 Å². The highest BCUT2D eigenvalue weighted by Gasteiger charge is 2.07. The lowest BCUT2D eigenvalue weighted by atomic mass is 10.1. The Hall–Kier alpha value is -1.65. The summed E-state index contributed by atoms with van der Waals surface area (Å²) >= 11 is 7.73. The van der Waals surface area contributed by atoms with Gasteiger partial charge in [-0.1, -0.05) is 46.7 Å². The van der Waals surface area contributed by atoms with Crippen molar-refractivity contribution < 1.29 is 5.21 Å². The van der Waals surface area contributed by atoms with Crippen molar-refractivity contribution in [3.05, 3.63) is 58.6 Å². The van der Waals surface area contributed by atoms with Crippen molar-refractivity contribution in [2.45, 2.75) is 16.7 Å². The van der Waals surface area contributed by atoms with E-state index in [1.807, 2.05) is 49.4 Å². The predicted molar refractivity (Wildman–Crippen MR) is 79.3 cm³/mol. The zero-order chi connectivity index (χ0) is 13.8. The van der Waals surface area contributed by atoms with Gasteiger partial charge in [-0.3, -0.25) is 0 Å². The van der Waals surface area contributed by atoms with Crippen LogP contribution in [0, 0.1) is 6.92 Å². The van der Waals surface area contributed by atoms with Gasteiger partial charge >= 0.3 is 0 Å². The smallest absolute Gasteiger partial charge is 0.170 e. The molecule has 0 aliphatic heterocycles. The summed E-state index contributed by atoms with van der Waals surface area (Å²) in [4.78, 5) is 2.09. The highest BCUT2D eigenvalue weighted by atomic mass is 35.5. The lowest BCUT2D eigenvalue weighted by molar-refractivity contribution is 0.318. The van der Waals surface area contributed by atoms with Crippen LogP contribution in [0.2, 0.25) is 5.02 Å². The summed E-state index contributed by atoms with van der Waals surface area (Å²) in [5.74, 6) is 0.109. The molecular formula is C14H13ClN2OS. The van der Waals surface area contributed by atoms with Crippen LogP contribution in [0.15, 0.2) is 57.4 Å². The first-order valence-corrected chi connectivity index (χ1v) is 6.82. The van der Waals surface area contributed by atoms with Crippen LogP contribution in [0.5, 0.6) is 0 Å². The Balaban J connectivity index is 2.30. The second-order valence-electron chi connectivity index (χ2n) is 4.00. The number of aryl methyl sites for hydroxylation is 1. The first-order valence-electron chi connectivity index (χ1n) is 5.62. The minimum Gasteiger partial charge on any atom is -0.409 e. The monoisotopic (exact) mass is 292 g/mol. The van der Waals surface area contributed by atoms with Crippen molar-refractivity contribution in [2.75, 3.05) is 0 Å². The van der Waals surface area contributed by atoms with Gasteiger partial charge in [-0.15, -0.1) is 0 Å². The van der Waals surface area contributed by atoms with E-state index in [0.717, 1.165) is 20.4 Å². The van der Waals surface area contributed by atoms with Crippen molar-refractivity contribution in [3.63, 3.8) is 0 Å². The molecule has 0 spiro atoms. The number of hydrogen-bond acceptors (Lipinski definition) is 3. The average molecular weight is 293 g/mol. The van der Waals surface area contributed by atoms with E-state index in [4.69, 9.17) is 22.5 Å². The molecule has 0 aromatic heterocycles. The van der Waals surface area contributed by atoms with Crippen molar-refractivity contribution in [1.82, 2.24) is 0 Å². The largest absolute Gasteiger partial charge is 0.409 e. The number of rotatable bonds is 3. The molecule has 3 N–H and O–H groups in total. The van der Waals surface area contributed by atoms with E-state index in [2.05, 4.69) is 5.16 Å². The van der Waals surface area contributed by atoms with Crippen LogP contribution in [-0.4, -0.2) is 11.0 Å². The third kappa shape index (κ3) is 3.22. The fourth-order valence-corrected chi connectivity index (χ4v) is 2.78. The van der Waals surface area contributed by atoms with Gasteiger partial charge < -0.3 is 10.9 Å². The highest BCUT2D eigenvalue weighted by Crippen LogP contribution is 2.34. The molecule has 3 nitrogen and oxygen atoms in total. The van der Waals surface area contributed by atoms with Crippen molar-refractivity contribution in [2.24, 2.45) is 10.9 Å². The summed E-state index contributed by atoms with van der Waals surface area (Å²) in [6.45, 7) is 1.98. The summed E-state index contributed by atoms with van der Waals surface area (Å²) in [5, 5.41) is 12.4. The quantitative estimate of drug-likeness (QED) is 0.390. The molecule has 19 heavy (non-hydrogen) atoms. The van der Waals surface area contributed by atoms with Crippen LogP contribution in [0.1, 0.15) is 11.1 Å². The highest BCUT2D eigenvalue weighted by molar-refractivity contribution is 7.99. The summed E-state index contributed by atoms with van der Waals surface area (Å²) in [7, 11) is 0. The molecule has 0 saturated carbocycles. The molecule has 0 atom stereocenters. The Morgan fingerprint density at radius 2 is 1.95 bits per heavy atom. The average Bonchev–Trinajstić information content (AvgIpc) is 2.42. The molecule has 0 saturated heterocycles. The lowest BCUT2D eigenvalue weighted by Crippen LogP contribution is -2.13. The Labute approximate surface area is 121 Å². The Bertz CT molecular complexity index is 629. The number of nitrogens with two attached hydrogens (primary N) is 1. The van der Waals surface area contributed by atoms with E-state index in [1.54, 1.807) is 11.8 Å². The zero-order valence-electron chi connectivity index (χ0n) is 10.3. The van der Waals surface area contributed by atoms with Crippen molar-refractivity contribution >= 4 is 29.2 Å². The summed E-state index contributed by atoms with van der Waals surface area (Å²) in [6.07, 6.45) is 0. The Morgan fingerprint density at radius 1 is 1.21 bits per heavy atom. The number of hydrogen-bond donors (Lipinski definition) is 2. The van der Waals surface area contributed by atoms with E-state index < -0.39 is 0 Å². The Morgan fingerprint density at radius 3 is 2.58 bits per heavy atom. The van der Waals surface area contributed by atoms with E-state index >= 15 is 0 Å².